The first-order chi connectivity index (χ1) is 6.25. The van der Waals surface area contributed by atoms with Crippen LogP contribution in [0.15, 0.2) is 18.2 Å². The highest BCUT2D eigenvalue weighted by molar-refractivity contribution is 7.78. The van der Waals surface area contributed by atoms with Gasteiger partial charge in [0.2, 0.25) is 0 Å². The second-order valence-corrected chi connectivity index (χ2v) is 4.07. The third-order valence-electron chi connectivity index (χ3n) is 2.17. The van der Waals surface area contributed by atoms with Crippen LogP contribution in [0.25, 0.3) is 0 Å². The number of rotatable bonds is 2. The predicted molar refractivity (Wildman–Crippen MR) is 53.1 cm³/mol. The summed E-state index contributed by atoms with van der Waals surface area (Å²) in [5, 5.41) is 3.24. The van der Waals surface area contributed by atoms with Gasteiger partial charge in [0.25, 0.3) is 0 Å². The molecule has 4 heteroatoms. The zero-order valence-corrected chi connectivity index (χ0v) is 7.93. The Morgan fingerprint density at radius 3 is 3.15 bits per heavy atom. The zero-order chi connectivity index (χ0) is 9.26. The van der Waals surface area contributed by atoms with Crippen molar-refractivity contribution in [1.29, 1.82) is 0 Å². The lowest BCUT2D eigenvalue weighted by Crippen LogP contribution is -1.93. The van der Waals surface area contributed by atoms with Gasteiger partial charge in [-0.2, -0.15) is 0 Å². The summed E-state index contributed by atoms with van der Waals surface area (Å²) in [7, 11) is 0. The van der Waals surface area contributed by atoms with Gasteiger partial charge in [0, 0.05) is 12.2 Å². The molecule has 0 amide bonds. The molecular weight excluding hydrogens is 186 g/mol. The third-order valence-corrected chi connectivity index (χ3v) is 2.75. The van der Waals surface area contributed by atoms with Crippen molar-refractivity contribution < 1.29 is 8.76 Å². The Morgan fingerprint density at radius 2 is 2.38 bits per heavy atom. The van der Waals surface area contributed by atoms with Crippen molar-refractivity contribution in [3.05, 3.63) is 29.3 Å². The first kappa shape index (κ1) is 8.72. The van der Waals surface area contributed by atoms with Crippen molar-refractivity contribution in [1.82, 2.24) is 0 Å². The summed E-state index contributed by atoms with van der Waals surface area (Å²) in [5.74, 6) is 0.229. The van der Waals surface area contributed by atoms with E-state index in [9.17, 15) is 4.21 Å². The molecule has 0 aromatic heterocycles. The summed E-state index contributed by atoms with van der Waals surface area (Å²) in [5.41, 5.74) is 3.35. The predicted octanol–water partition coefficient (Wildman–Crippen LogP) is 1.38. The van der Waals surface area contributed by atoms with E-state index in [4.69, 9.17) is 4.55 Å². The van der Waals surface area contributed by atoms with Crippen LogP contribution in [0.3, 0.4) is 0 Å². The van der Waals surface area contributed by atoms with E-state index < -0.39 is 11.1 Å². The highest BCUT2D eigenvalue weighted by atomic mass is 32.2. The van der Waals surface area contributed by atoms with Crippen LogP contribution in [0.2, 0.25) is 0 Å². The lowest BCUT2D eigenvalue weighted by atomic mass is 10.1. The Labute approximate surface area is 79.4 Å². The van der Waals surface area contributed by atoms with Crippen LogP contribution >= 0.6 is 0 Å². The first-order valence-electron chi connectivity index (χ1n) is 4.19. The van der Waals surface area contributed by atoms with Gasteiger partial charge >= 0.3 is 0 Å². The topological polar surface area (TPSA) is 49.3 Å². The van der Waals surface area contributed by atoms with Gasteiger partial charge in [0.15, 0.2) is 11.1 Å². The first-order valence-corrected chi connectivity index (χ1v) is 5.46. The molecule has 0 aliphatic carbocycles. The number of benzene rings is 1. The molecule has 0 spiro atoms. The van der Waals surface area contributed by atoms with E-state index in [1.807, 2.05) is 18.2 Å². The van der Waals surface area contributed by atoms with E-state index in [0.29, 0.717) is 0 Å². The molecule has 0 bridgehead atoms. The van der Waals surface area contributed by atoms with Crippen molar-refractivity contribution in [3.63, 3.8) is 0 Å². The van der Waals surface area contributed by atoms with Gasteiger partial charge in [-0.3, -0.25) is 0 Å². The lowest BCUT2D eigenvalue weighted by molar-refractivity contribution is 0.563. The molecule has 1 aliphatic rings. The van der Waals surface area contributed by atoms with E-state index >= 15 is 0 Å². The molecule has 1 atom stereocenters. The molecule has 70 valence electrons. The number of anilines is 1. The summed E-state index contributed by atoms with van der Waals surface area (Å²) in [6.07, 6.45) is 1.02. The monoisotopic (exact) mass is 197 g/mol. The van der Waals surface area contributed by atoms with Crippen LogP contribution < -0.4 is 5.32 Å². The minimum absolute atomic E-state index is 0.229. The molecular formula is C9H11NO2S. The third kappa shape index (κ3) is 1.89. The smallest absolute Gasteiger partial charge is 0.157 e. The minimum atomic E-state index is -1.73. The van der Waals surface area contributed by atoms with Crippen LogP contribution in [0.4, 0.5) is 5.69 Å². The van der Waals surface area contributed by atoms with Gasteiger partial charge in [-0.05, 0) is 23.6 Å². The minimum Gasteiger partial charge on any atom is -0.384 e. The Bertz CT molecular complexity index is 351. The molecule has 13 heavy (non-hydrogen) atoms. The Hall–Kier alpha value is -0.870. The molecule has 0 saturated heterocycles. The van der Waals surface area contributed by atoms with E-state index in [0.717, 1.165) is 24.2 Å². The Morgan fingerprint density at radius 1 is 1.54 bits per heavy atom. The van der Waals surface area contributed by atoms with Gasteiger partial charge in [0.1, 0.15) is 0 Å². The van der Waals surface area contributed by atoms with Crippen LogP contribution in [-0.2, 0) is 23.3 Å². The summed E-state index contributed by atoms with van der Waals surface area (Å²) >= 11 is -1.73. The number of nitrogens with one attached hydrogen (secondary N) is 1. The van der Waals surface area contributed by atoms with Crippen molar-refractivity contribution in [2.24, 2.45) is 0 Å². The van der Waals surface area contributed by atoms with Crippen LogP contribution in [0, 0.1) is 0 Å². The summed E-state index contributed by atoms with van der Waals surface area (Å²) < 4.78 is 19.3. The molecule has 1 heterocycles. The standard InChI is InChI=1S/C9H11NO2S/c11-13(12)6-7-1-2-9-8(5-7)3-4-10-9/h1-2,5,10H,3-4,6H2,(H,11,12). The molecule has 3 nitrogen and oxygen atoms in total. The maximum Gasteiger partial charge on any atom is 0.157 e. The molecule has 2 N–H and O–H groups in total. The van der Waals surface area contributed by atoms with Crippen molar-refractivity contribution in [2.45, 2.75) is 12.2 Å². The Kier molecular flexibility index (Phi) is 2.33. The van der Waals surface area contributed by atoms with E-state index in [1.54, 1.807) is 0 Å². The zero-order valence-electron chi connectivity index (χ0n) is 7.12. The molecule has 1 aromatic rings. The normalized spacial score (nSPS) is 16.4. The van der Waals surface area contributed by atoms with E-state index in [1.165, 1.54) is 5.56 Å². The molecule has 2 rings (SSSR count). The number of hydrogen-bond acceptors (Lipinski definition) is 2. The highest BCUT2D eigenvalue weighted by Crippen LogP contribution is 2.23. The maximum absolute atomic E-state index is 10.6. The largest absolute Gasteiger partial charge is 0.384 e. The van der Waals surface area contributed by atoms with Crippen molar-refractivity contribution in [2.75, 3.05) is 11.9 Å². The van der Waals surface area contributed by atoms with Crippen LogP contribution in [0.1, 0.15) is 11.1 Å². The number of hydrogen-bond donors (Lipinski definition) is 2. The van der Waals surface area contributed by atoms with E-state index in [-0.39, 0.29) is 5.75 Å². The lowest BCUT2D eigenvalue weighted by Gasteiger charge is -2.02. The van der Waals surface area contributed by atoms with Crippen molar-refractivity contribution >= 4 is 16.8 Å². The summed E-state index contributed by atoms with van der Waals surface area (Å²) in [6, 6.07) is 5.87. The molecule has 1 aliphatic heterocycles. The molecule has 1 aromatic carbocycles. The maximum atomic E-state index is 10.6. The van der Waals surface area contributed by atoms with Crippen LogP contribution in [0.5, 0.6) is 0 Å². The second-order valence-electron chi connectivity index (χ2n) is 3.13. The summed E-state index contributed by atoms with van der Waals surface area (Å²) in [6.45, 7) is 0.973. The average Bonchev–Trinajstić information content (AvgIpc) is 2.49. The van der Waals surface area contributed by atoms with Gasteiger partial charge in [-0.1, -0.05) is 12.1 Å². The van der Waals surface area contributed by atoms with Gasteiger partial charge < -0.3 is 9.87 Å². The highest BCUT2D eigenvalue weighted by Gasteiger charge is 2.10. The quantitative estimate of drug-likeness (QED) is 0.704. The molecule has 1 unspecified atom stereocenters. The molecule has 0 fully saturated rings. The molecule has 0 radical (unpaired) electrons. The average molecular weight is 197 g/mol. The SMILES string of the molecule is O=S(O)Cc1ccc2c(c1)CCN2. The number of fused-ring (bicyclic) bond motifs is 1. The fourth-order valence-electron chi connectivity index (χ4n) is 1.59. The summed E-state index contributed by atoms with van der Waals surface area (Å²) in [4.78, 5) is 0. The van der Waals surface area contributed by atoms with Gasteiger partial charge in [-0.25, -0.2) is 4.21 Å². The Balaban J connectivity index is 2.25. The van der Waals surface area contributed by atoms with Gasteiger partial charge in [0.05, 0.1) is 5.75 Å². The fourth-order valence-corrected chi connectivity index (χ4v) is 2.06. The van der Waals surface area contributed by atoms with Gasteiger partial charge in [-0.15, -0.1) is 0 Å². The fraction of sp³-hybridized carbons (Fsp3) is 0.333. The van der Waals surface area contributed by atoms with Crippen molar-refractivity contribution in [3.8, 4) is 0 Å². The second kappa shape index (κ2) is 3.47. The van der Waals surface area contributed by atoms with Crippen LogP contribution in [-0.4, -0.2) is 15.3 Å². The van der Waals surface area contributed by atoms with E-state index in [2.05, 4.69) is 5.32 Å². The molecule has 0 saturated carbocycles.